The van der Waals surface area contributed by atoms with Crippen LogP contribution in [-0.2, 0) is 17.6 Å². The van der Waals surface area contributed by atoms with Gasteiger partial charge in [0, 0.05) is 23.4 Å². The Morgan fingerprint density at radius 1 is 1.28 bits per heavy atom. The molecule has 3 rings (SSSR count). The zero-order chi connectivity index (χ0) is 17.6. The summed E-state index contributed by atoms with van der Waals surface area (Å²) in [7, 11) is 0. The molecule has 0 fully saturated rings. The minimum absolute atomic E-state index is 0.0639. The second kappa shape index (κ2) is 8.26. The van der Waals surface area contributed by atoms with Crippen molar-refractivity contribution in [2.45, 2.75) is 30.7 Å². The average Bonchev–Trinajstić information content (AvgIpc) is 3.08. The Balaban J connectivity index is 1.52. The van der Waals surface area contributed by atoms with Crippen LogP contribution in [0.1, 0.15) is 23.6 Å². The van der Waals surface area contributed by atoms with Crippen molar-refractivity contribution in [3.05, 3.63) is 65.2 Å². The SMILES string of the molecule is CSc1ccc(/C=C/C(=O)NC(C)Cc2ccc3c(c2)CCO3)cc1. The fraction of sp³-hybridized carbons (Fsp3) is 0.286. The molecule has 0 spiro atoms. The molecule has 1 atom stereocenters. The number of thioether (sulfide) groups is 1. The lowest BCUT2D eigenvalue weighted by Crippen LogP contribution is -2.32. The molecule has 0 aliphatic carbocycles. The van der Waals surface area contributed by atoms with E-state index in [-0.39, 0.29) is 11.9 Å². The van der Waals surface area contributed by atoms with Gasteiger partial charge < -0.3 is 10.1 Å². The number of fused-ring (bicyclic) bond motifs is 1. The maximum atomic E-state index is 12.1. The second-order valence-electron chi connectivity index (χ2n) is 6.26. The number of rotatable bonds is 6. The van der Waals surface area contributed by atoms with Gasteiger partial charge in [0.15, 0.2) is 0 Å². The number of carbonyl (C=O) groups excluding carboxylic acids is 1. The largest absolute Gasteiger partial charge is 0.493 e. The Labute approximate surface area is 153 Å². The summed E-state index contributed by atoms with van der Waals surface area (Å²) in [6.45, 7) is 2.80. The van der Waals surface area contributed by atoms with E-state index in [2.05, 4.69) is 29.6 Å². The van der Waals surface area contributed by atoms with Crippen molar-refractivity contribution in [2.75, 3.05) is 12.9 Å². The summed E-state index contributed by atoms with van der Waals surface area (Å²) in [5, 5.41) is 3.03. The van der Waals surface area contributed by atoms with E-state index in [0.717, 1.165) is 30.8 Å². The summed E-state index contributed by atoms with van der Waals surface area (Å²) < 4.78 is 5.53. The fourth-order valence-electron chi connectivity index (χ4n) is 2.95. The molecule has 25 heavy (non-hydrogen) atoms. The van der Waals surface area contributed by atoms with Crippen LogP contribution in [-0.4, -0.2) is 24.8 Å². The average molecular weight is 353 g/mol. The third kappa shape index (κ3) is 4.89. The van der Waals surface area contributed by atoms with Crippen LogP contribution in [0.4, 0.5) is 0 Å². The molecule has 0 bridgehead atoms. The van der Waals surface area contributed by atoms with Crippen LogP contribution < -0.4 is 10.1 Å². The van der Waals surface area contributed by atoms with Gasteiger partial charge in [-0.25, -0.2) is 0 Å². The smallest absolute Gasteiger partial charge is 0.244 e. The number of ether oxygens (including phenoxy) is 1. The topological polar surface area (TPSA) is 38.3 Å². The standard InChI is InChI=1S/C21H23NO2S/c1-15(13-17-5-9-20-18(14-17)11-12-24-20)22-21(23)10-6-16-3-7-19(25-2)8-4-16/h3-10,14-15H,11-13H2,1-2H3,(H,22,23)/b10-6+. The fourth-order valence-corrected chi connectivity index (χ4v) is 3.36. The van der Waals surface area contributed by atoms with E-state index in [9.17, 15) is 4.79 Å². The maximum Gasteiger partial charge on any atom is 0.244 e. The Morgan fingerprint density at radius 3 is 2.84 bits per heavy atom. The van der Waals surface area contributed by atoms with Crippen LogP contribution in [0.2, 0.25) is 0 Å². The third-order valence-electron chi connectivity index (χ3n) is 4.23. The van der Waals surface area contributed by atoms with Gasteiger partial charge in [-0.05, 0) is 60.6 Å². The molecular formula is C21H23NO2S. The lowest BCUT2D eigenvalue weighted by molar-refractivity contribution is -0.117. The molecular weight excluding hydrogens is 330 g/mol. The lowest BCUT2D eigenvalue weighted by atomic mass is 10.0. The molecule has 1 unspecified atom stereocenters. The quantitative estimate of drug-likeness (QED) is 0.627. The molecule has 1 aliphatic heterocycles. The summed E-state index contributed by atoms with van der Waals surface area (Å²) in [6, 6.07) is 14.5. The number of carbonyl (C=O) groups is 1. The van der Waals surface area contributed by atoms with Gasteiger partial charge in [-0.2, -0.15) is 0 Å². The maximum absolute atomic E-state index is 12.1. The monoisotopic (exact) mass is 353 g/mol. The minimum Gasteiger partial charge on any atom is -0.493 e. The first-order valence-corrected chi connectivity index (χ1v) is 9.74. The summed E-state index contributed by atoms with van der Waals surface area (Å²) in [6.07, 6.45) is 7.28. The van der Waals surface area contributed by atoms with Crippen molar-refractivity contribution in [1.29, 1.82) is 0 Å². The molecule has 0 aromatic heterocycles. The first-order chi connectivity index (χ1) is 12.1. The predicted octanol–water partition coefficient (Wildman–Crippen LogP) is 4.10. The lowest BCUT2D eigenvalue weighted by Gasteiger charge is -2.13. The molecule has 4 heteroatoms. The van der Waals surface area contributed by atoms with Gasteiger partial charge in [-0.3, -0.25) is 4.79 Å². The summed E-state index contributed by atoms with van der Waals surface area (Å²) in [5.41, 5.74) is 3.53. The van der Waals surface area contributed by atoms with Crippen molar-refractivity contribution in [2.24, 2.45) is 0 Å². The highest BCUT2D eigenvalue weighted by molar-refractivity contribution is 7.98. The molecule has 130 valence electrons. The van der Waals surface area contributed by atoms with Gasteiger partial charge in [0.1, 0.15) is 5.75 Å². The van der Waals surface area contributed by atoms with Crippen LogP contribution >= 0.6 is 11.8 Å². The van der Waals surface area contributed by atoms with E-state index in [4.69, 9.17) is 4.74 Å². The van der Waals surface area contributed by atoms with E-state index < -0.39 is 0 Å². The van der Waals surface area contributed by atoms with Crippen molar-refractivity contribution >= 4 is 23.7 Å². The molecule has 1 aliphatic rings. The van der Waals surface area contributed by atoms with Gasteiger partial charge in [0.05, 0.1) is 6.61 Å². The molecule has 1 N–H and O–H groups in total. The molecule has 1 heterocycles. The molecule has 0 saturated carbocycles. The van der Waals surface area contributed by atoms with E-state index in [0.29, 0.717) is 0 Å². The van der Waals surface area contributed by atoms with Crippen LogP contribution in [0.15, 0.2) is 53.4 Å². The van der Waals surface area contributed by atoms with Crippen LogP contribution in [0.5, 0.6) is 5.75 Å². The number of benzene rings is 2. The van der Waals surface area contributed by atoms with Crippen molar-refractivity contribution in [3.8, 4) is 5.75 Å². The van der Waals surface area contributed by atoms with E-state index in [1.807, 2.05) is 37.5 Å². The molecule has 2 aromatic carbocycles. The van der Waals surface area contributed by atoms with Crippen molar-refractivity contribution in [3.63, 3.8) is 0 Å². The summed E-state index contributed by atoms with van der Waals surface area (Å²) in [5.74, 6) is 0.932. The molecule has 1 amide bonds. The number of hydrogen-bond acceptors (Lipinski definition) is 3. The van der Waals surface area contributed by atoms with Crippen molar-refractivity contribution in [1.82, 2.24) is 5.32 Å². The van der Waals surface area contributed by atoms with Gasteiger partial charge in [0.25, 0.3) is 0 Å². The van der Waals surface area contributed by atoms with Crippen LogP contribution in [0, 0.1) is 0 Å². The van der Waals surface area contributed by atoms with Gasteiger partial charge >= 0.3 is 0 Å². The summed E-state index contributed by atoms with van der Waals surface area (Å²) in [4.78, 5) is 13.3. The predicted molar refractivity (Wildman–Crippen MR) is 104 cm³/mol. The van der Waals surface area contributed by atoms with Gasteiger partial charge in [-0.1, -0.05) is 24.3 Å². The van der Waals surface area contributed by atoms with Crippen molar-refractivity contribution < 1.29 is 9.53 Å². The molecule has 2 aromatic rings. The zero-order valence-corrected chi connectivity index (χ0v) is 15.4. The number of amides is 1. The first-order valence-electron chi connectivity index (χ1n) is 8.51. The Kier molecular flexibility index (Phi) is 5.82. The third-order valence-corrected chi connectivity index (χ3v) is 4.97. The Hall–Kier alpha value is -2.20. The Bertz CT molecular complexity index is 768. The number of hydrogen-bond donors (Lipinski definition) is 1. The molecule has 3 nitrogen and oxygen atoms in total. The highest BCUT2D eigenvalue weighted by atomic mass is 32.2. The van der Waals surface area contributed by atoms with E-state index in [1.165, 1.54) is 16.0 Å². The van der Waals surface area contributed by atoms with Crippen LogP contribution in [0.25, 0.3) is 6.08 Å². The van der Waals surface area contributed by atoms with E-state index >= 15 is 0 Å². The highest BCUT2D eigenvalue weighted by Gasteiger charge is 2.13. The normalized spacial score (nSPS) is 14.2. The summed E-state index contributed by atoms with van der Waals surface area (Å²) >= 11 is 1.71. The van der Waals surface area contributed by atoms with E-state index in [1.54, 1.807) is 17.8 Å². The van der Waals surface area contributed by atoms with Gasteiger partial charge in [-0.15, -0.1) is 11.8 Å². The first kappa shape index (κ1) is 17.6. The highest BCUT2D eigenvalue weighted by Crippen LogP contribution is 2.26. The Morgan fingerprint density at radius 2 is 2.08 bits per heavy atom. The molecule has 0 saturated heterocycles. The zero-order valence-electron chi connectivity index (χ0n) is 14.6. The van der Waals surface area contributed by atoms with Gasteiger partial charge in [0.2, 0.25) is 5.91 Å². The molecule has 0 radical (unpaired) electrons. The van der Waals surface area contributed by atoms with Crippen LogP contribution in [0.3, 0.4) is 0 Å². The second-order valence-corrected chi connectivity index (χ2v) is 7.14. The minimum atomic E-state index is -0.0639. The number of nitrogens with one attached hydrogen (secondary N) is 1.